The van der Waals surface area contributed by atoms with Gasteiger partial charge in [-0.2, -0.15) is 0 Å². The van der Waals surface area contributed by atoms with E-state index < -0.39 is 41.9 Å². The Labute approximate surface area is 315 Å². The molecule has 0 N–H and O–H groups in total. The number of hydrogen-bond acceptors (Lipinski definition) is 0. The third kappa shape index (κ3) is 6.94. The average molecular weight is 1000 g/mol. The van der Waals surface area contributed by atoms with Gasteiger partial charge in [-0.25, -0.2) is 0 Å². The van der Waals surface area contributed by atoms with Crippen LogP contribution in [0.4, 0.5) is 0 Å². The van der Waals surface area contributed by atoms with Crippen molar-refractivity contribution in [3.05, 3.63) is 149 Å². The first kappa shape index (κ1) is 37.2. The van der Waals surface area contributed by atoms with Crippen molar-refractivity contribution in [2.75, 3.05) is 0 Å². The monoisotopic (exact) mass is 1000 g/mol. The SMILES string of the molecule is CC1=[C]([Hf](=[C](C)C)[c]2cccc3c2Cc2ccccc2-3)CC=C1.CC1=[C]([Hf](=[C](C)C)[c]2cccc3c2Cc2ccccc2-3)CC=C1.Cl.Cl. The molecule has 8 rings (SSSR count). The summed E-state index contributed by atoms with van der Waals surface area (Å²) in [6, 6.07) is 32.0. The van der Waals surface area contributed by atoms with E-state index in [1.807, 2.05) is 0 Å². The molecule has 0 radical (unpaired) electrons. The van der Waals surface area contributed by atoms with Crippen LogP contribution >= 0.6 is 24.8 Å². The van der Waals surface area contributed by atoms with Crippen molar-refractivity contribution < 1.29 is 41.9 Å². The molecule has 0 nitrogen and oxygen atoms in total. The van der Waals surface area contributed by atoms with Gasteiger partial charge in [0.1, 0.15) is 0 Å². The molecule has 0 aromatic heterocycles. The number of benzene rings is 4. The summed E-state index contributed by atoms with van der Waals surface area (Å²) in [5.74, 6) is 0. The topological polar surface area (TPSA) is 0 Å². The molecule has 0 saturated heterocycles. The molecule has 0 spiro atoms. The van der Waals surface area contributed by atoms with Gasteiger partial charge in [-0.15, -0.1) is 24.8 Å². The smallest absolute Gasteiger partial charge is 0.147 e. The van der Waals surface area contributed by atoms with Gasteiger partial charge in [0.15, 0.2) is 0 Å². The summed E-state index contributed by atoms with van der Waals surface area (Å²) < 4.78 is 10.4. The van der Waals surface area contributed by atoms with Crippen LogP contribution in [0.3, 0.4) is 0 Å². The van der Waals surface area contributed by atoms with E-state index in [4.69, 9.17) is 0 Å². The Hall–Kier alpha value is -2.10. The van der Waals surface area contributed by atoms with Crippen molar-refractivity contribution >= 4 is 38.0 Å². The van der Waals surface area contributed by atoms with Crippen molar-refractivity contribution in [2.45, 2.75) is 67.2 Å². The molecule has 0 unspecified atom stereocenters. The molecule has 4 aromatic carbocycles. The summed E-state index contributed by atoms with van der Waals surface area (Å²) in [5.41, 5.74) is 15.3. The van der Waals surface area contributed by atoms with E-state index in [0.717, 1.165) is 12.8 Å². The van der Waals surface area contributed by atoms with Gasteiger partial charge >= 0.3 is 294 Å². The van der Waals surface area contributed by atoms with Gasteiger partial charge in [0.2, 0.25) is 0 Å². The molecular formula is C44H46Cl2Hf2. The van der Waals surface area contributed by atoms with Crippen molar-refractivity contribution in [3.8, 4) is 22.3 Å². The fourth-order valence-corrected chi connectivity index (χ4v) is 30.0. The fourth-order valence-electron chi connectivity index (χ4n) is 8.08. The van der Waals surface area contributed by atoms with Crippen LogP contribution in [0.1, 0.15) is 76.6 Å². The largest absolute Gasteiger partial charge is 0.147 e. The van der Waals surface area contributed by atoms with E-state index in [1.165, 1.54) is 46.2 Å². The average Bonchev–Trinajstić information content (AvgIpc) is 3.84. The fraction of sp³-hybridized carbons (Fsp3) is 0.227. The van der Waals surface area contributed by atoms with Crippen molar-refractivity contribution in [1.82, 2.24) is 0 Å². The first-order valence-electron chi connectivity index (χ1n) is 16.8. The molecule has 4 aliphatic carbocycles. The molecule has 0 atom stereocenters. The van der Waals surface area contributed by atoms with E-state index in [9.17, 15) is 0 Å². The zero-order valence-corrected chi connectivity index (χ0v) is 37.9. The second-order valence-electron chi connectivity index (χ2n) is 13.6. The van der Waals surface area contributed by atoms with E-state index >= 15 is 0 Å². The maximum absolute atomic E-state index is 2.44. The van der Waals surface area contributed by atoms with Crippen LogP contribution in [0.25, 0.3) is 22.3 Å². The van der Waals surface area contributed by atoms with Crippen LogP contribution in [0, 0.1) is 0 Å². The van der Waals surface area contributed by atoms with Gasteiger partial charge in [0.05, 0.1) is 0 Å². The molecule has 0 heterocycles. The van der Waals surface area contributed by atoms with Gasteiger partial charge in [0.25, 0.3) is 0 Å². The third-order valence-corrected chi connectivity index (χ3v) is 33.2. The van der Waals surface area contributed by atoms with Gasteiger partial charge in [0, 0.05) is 0 Å². The van der Waals surface area contributed by atoms with Gasteiger partial charge < -0.3 is 0 Å². The Morgan fingerprint density at radius 2 is 0.854 bits per heavy atom. The normalized spacial score (nSPS) is 14.3. The van der Waals surface area contributed by atoms with Crippen molar-refractivity contribution in [1.29, 1.82) is 0 Å². The Morgan fingerprint density at radius 1 is 0.479 bits per heavy atom. The summed E-state index contributed by atoms with van der Waals surface area (Å²) in [4.78, 5) is 0. The Balaban J connectivity index is 0.000000180. The maximum Gasteiger partial charge on any atom is -0.147 e. The van der Waals surface area contributed by atoms with Crippen molar-refractivity contribution in [2.24, 2.45) is 0 Å². The molecule has 0 fully saturated rings. The minimum atomic E-state index is -2.11. The second kappa shape index (κ2) is 15.8. The predicted octanol–water partition coefficient (Wildman–Crippen LogP) is 10.7. The summed E-state index contributed by atoms with van der Waals surface area (Å²) >= 11 is -4.22. The van der Waals surface area contributed by atoms with Crippen LogP contribution in [0.2, 0.25) is 0 Å². The summed E-state index contributed by atoms with van der Waals surface area (Å²) in [7, 11) is 0. The first-order chi connectivity index (χ1) is 22.3. The number of fused-ring (bicyclic) bond motifs is 6. The number of halogens is 2. The van der Waals surface area contributed by atoms with Gasteiger partial charge in [-0.1, -0.05) is 0 Å². The zero-order chi connectivity index (χ0) is 31.9. The molecule has 4 aromatic rings. The molecule has 244 valence electrons. The molecule has 4 aliphatic rings. The predicted molar refractivity (Wildman–Crippen MR) is 209 cm³/mol. The van der Waals surface area contributed by atoms with Crippen LogP contribution < -0.4 is 6.64 Å². The molecule has 0 amide bonds. The number of rotatable bonds is 4. The van der Waals surface area contributed by atoms with Gasteiger partial charge in [-0.3, -0.25) is 0 Å². The van der Waals surface area contributed by atoms with Crippen LogP contribution in [-0.4, -0.2) is 6.51 Å². The Morgan fingerprint density at radius 3 is 1.21 bits per heavy atom. The van der Waals surface area contributed by atoms with E-state index in [1.54, 1.807) is 42.1 Å². The maximum atomic E-state index is 2.44. The number of allylic oxidation sites excluding steroid dienone is 8. The molecule has 0 bridgehead atoms. The standard InChI is InChI=1S/2C13H9.2C6H7.2C3H6.2ClH.2Hf/c2*1-3-7-12-10(5-1)9-11-6-2-4-8-13(11)12;2*1-6-4-2-3-5-6;2*1-3-2;;;;/h2*1-5,7-8H,9H2;2*2,4H,3H2,1H3;2*1-2H3;2*1H;;. The summed E-state index contributed by atoms with van der Waals surface area (Å²) in [6.45, 7) is 14.1. The summed E-state index contributed by atoms with van der Waals surface area (Å²) in [5, 5.41) is 0. The minimum Gasteiger partial charge on any atom is -0.147 e. The molecule has 4 heteroatoms. The zero-order valence-electron chi connectivity index (χ0n) is 29.0. The quantitative estimate of drug-likeness (QED) is 0.154. The summed E-state index contributed by atoms with van der Waals surface area (Å²) in [6.07, 6.45) is 14.0. The third-order valence-electron chi connectivity index (χ3n) is 10.2. The van der Waals surface area contributed by atoms with Crippen LogP contribution in [0.15, 0.2) is 127 Å². The van der Waals surface area contributed by atoms with Crippen LogP contribution in [0.5, 0.6) is 0 Å². The molecular weight excluding hydrogens is 956 g/mol. The Bertz CT molecular complexity index is 1940. The van der Waals surface area contributed by atoms with Crippen LogP contribution in [-0.2, 0) is 54.8 Å². The molecule has 0 aliphatic heterocycles. The van der Waals surface area contributed by atoms with Gasteiger partial charge in [-0.05, 0) is 0 Å². The Kier molecular flexibility index (Phi) is 12.3. The van der Waals surface area contributed by atoms with E-state index in [2.05, 4.69) is 151 Å². The van der Waals surface area contributed by atoms with E-state index in [-0.39, 0.29) is 24.8 Å². The van der Waals surface area contributed by atoms with E-state index in [0.29, 0.717) is 0 Å². The molecule has 0 saturated carbocycles. The first-order valence-corrected chi connectivity index (χ1v) is 27.6. The van der Waals surface area contributed by atoms with Crippen molar-refractivity contribution in [3.63, 3.8) is 0 Å². The minimum absolute atomic E-state index is 0. The second-order valence-corrected chi connectivity index (χ2v) is 34.4. The molecule has 48 heavy (non-hydrogen) atoms. The number of hydrogen-bond donors (Lipinski definition) is 0.